The van der Waals surface area contributed by atoms with Gasteiger partial charge in [-0.15, -0.1) is 0 Å². The third-order valence-electron chi connectivity index (χ3n) is 5.91. The van der Waals surface area contributed by atoms with Crippen LogP contribution in [0.1, 0.15) is 29.8 Å². The fourth-order valence-electron chi connectivity index (χ4n) is 4.00. The van der Waals surface area contributed by atoms with E-state index >= 15 is 0 Å². The van der Waals surface area contributed by atoms with E-state index in [1.165, 1.54) is 36.0 Å². The molecule has 0 aliphatic rings. The van der Waals surface area contributed by atoms with Crippen molar-refractivity contribution >= 4 is 21.9 Å². The fraction of sp³-hybridized carbons (Fsp3) is 0.160. The minimum atomic E-state index is -4.71. The van der Waals surface area contributed by atoms with Gasteiger partial charge in [0.1, 0.15) is 6.04 Å². The molecule has 0 bridgehead atoms. The average molecular weight is 588 g/mol. The van der Waals surface area contributed by atoms with Crippen LogP contribution in [0.15, 0.2) is 68.8 Å². The summed E-state index contributed by atoms with van der Waals surface area (Å²) in [4.78, 5) is 39.0. The molecule has 0 fully saturated rings. The van der Waals surface area contributed by atoms with E-state index in [1.54, 1.807) is 12.1 Å². The lowest BCUT2D eigenvalue weighted by atomic mass is 10.1. The van der Waals surface area contributed by atoms with Gasteiger partial charge < -0.3 is 5.11 Å². The summed E-state index contributed by atoms with van der Waals surface area (Å²) in [6.07, 6.45) is -3.34. The highest BCUT2D eigenvalue weighted by atomic mass is 79.9. The van der Waals surface area contributed by atoms with Gasteiger partial charge in [-0.05, 0) is 72.2 Å². The summed E-state index contributed by atoms with van der Waals surface area (Å²) in [5.74, 6) is -1.49. The number of aliphatic carboxylic acids is 1. The SMILES string of the molecule is Cc1c(-c2c(Br)cnn2-c2ccc(C#N)cc2)c(=O)n([C@H](C)C(=O)O)c(=O)n1-c1cccc(C(F)(F)F)c1. The standard InChI is InChI=1S/C25H17BrF3N5O4/c1-13-20(21-19(26)12-31-34(21)17-8-6-15(11-30)7-9-17)22(35)33(14(2)23(36)37)24(38)32(13)18-5-3-4-16(10-18)25(27,28)29/h3-10,12,14H,1-2H3,(H,36,37)/t14-/m1/s1. The number of aromatic nitrogens is 4. The van der Waals surface area contributed by atoms with Crippen LogP contribution in [0, 0.1) is 18.3 Å². The molecule has 0 unspecified atom stereocenters. The summed E-state index contributed by atoms with van der Waals surface area (Å²) >= 11 is 3.34. The lowest BCUT2D eigenvalue weighted by Gasteiger charge is -2.20. The molecule has 0 radical (unpaired) electrons. The average Bonchev–Trinajstić information content (AvgIpc) is 3.24. The Balaban J connectivity index is 2.12. The first-order chi connectivity index (χ1) is 17.9. The van der Waals surface area contributed by atoms with Crippen LogP contribution in [-0.4, -0.2) is 30.0 Å². The third kappa shape index (κ3) is 4.54. The Morgan fingerprint density at radius 3 is 2.37 bits per heavy atom. The Kier molecular flexibility index (Phi) is 6.86. The molecule has 0 spiro atoms. The zero-order chi connectivity index (χ0) is 27.9. The van der Waals surface area contributed by atoms with E-state index in [1.807, 2.05) is 6.07 Å². The number of carboxylic acids is 1. The Morgan fingerprint density at radius 1 is 1.13 bits per heavy atom. The van der Waals surface area contributed by atoms with Crippen LogP contribution in [0.3, 0.4) is 0 Å². The molecule has 2 heterocycles. The normalized spacial score (nSPS) is 12.2. The van der Waals surface area contributed by atoms with E-state index in [9.17, 15) is 32.7 Å². The van der Waals surface area contributed by atoms with Gasteiger partial charge in [-0.3, -0.25) is 9.36 Å². The summed E-state index contributed by atoms with van der Waals surface area (Å²) < 4.78 is 43.3. The van der Waals surface area contributed by atoms with Gasteiger partial charge in [0.25, 0.3) is 5.56 Å². The molecule has 1 atom stereocenters. The van der Waals surface area contributed by atoms with Crippen molar-refractivity contribution in [2.24, 2.45) is 0 Å². The number of benzene rings is 2. The second kappa shape index (κ2) is 9.79. The van der Waals surface area contributed by atoms with E-state index in [2.05, 4.69) is 21.0 Å². The van der Waals surface area contributed by atoms with Crippen LogP contribution in [0.4, 0.5) is 13.2 Å². The predicted octanol–water partition coefficient (Wildman–Crippen LogP) is 4.46. The molecule has 4 rings (SSSR count). The Labute approximate surface area is 220 Å². The van der Waals surface area contributed by atoms with Gasteiger partial charge >= 0.3 is 17.8 Å². The first kappa shape index (κ1) is 26.6. The van der Waals surface area contributed by atoms with Crippen molar-refractivity contribution in [2.75, 3.05) is 0 Å². The zero-order valence-electron chi connectivity index (χ0n) is 19.7. The second-order valence-corrected chi connectivity index (χ2v) is 9.08. The molecule has 13 heteroatoms. The van der Waals surface area contributed by atoms with Crippen molar-refractivity contribution in [3.63, 3.8) is 0 Å². The Morgan fingerprint density at radius 2 is 1.79 bits per heavy atom. The topological polar surface area (TPSA) is 123 Å². The van der Waals surface area contributed by atoms with E-state index in [4.69, 9.17) is 5.26 Å². The molecule has 9 nitrogen and oxygen atoms in total. The van der Waals surface area contributed by atoms with Gasteiger partial charge in [-0.25, -0.2) is 18.8 Å². The number of nitrogens with zero attached hydrogens (tertiary/aromatic N) is 5. The van der Waals surface area contributed by atoms with Crippen LogP contribution < -0.4 is 11.2 Å². The fourth-order valence-corrected chi connectivity index (χ4v) is 4.46. The van der Waals surface area contributed by atoms with Crippen molar-refractivity contribution in [1.82, 2.24) is 18.9 Å². The van der Waals surface area contributed by atoms with Crippen LogP contribution in [-0.2, 0) is 11.0 Å². The van der Waals surface area contributed by atoms with Crippen molar-refractivity contribution < 1.29 is 23.1 Å². The van der Waals surface area contributed by atoms with Gasteiger partial charge in [0.05, 0.1) is 50.5 Å². The number of halogens is 4. The number of hydrogen-bond acceptors (Lipinski definition) is 5. The minimum absolute atomic E-state index is 0.0377. The molecule has 2 aromatic carbocycles. The maximum atomic E-state index is 13.7. The molecule has 2 aromatic heterocycles. The largest absolute Gasteiger partial charge is 0.480 e. The number of rotatable bonds is 5. The number of hydrogen-bond donors (Lipinski definition) is 1. The number of nitriles is 1. The molecule has 38 heavy (non-hydrogen) atoms. The molecule has 0 saturated heterocycles. The van der Waals surface area contributed by atoms with Crippen molar-refractivity contribution in [2.45, 2.75) is 26.1 Å². The number of carbonyl (C=O) groups is 1. The summed E-state index contributed by atoms with van der Waals surface area (Å²) in [5.41, 5.74) is -2.61. The number of alkyl halides is 3. The molecular weight excluding hydrogens is 571 g/mol. The highest BCUT2D eigenvalue weighted by Gasteiger charge is 2.32. The molecule has 0 saturated carbocycles. The third-order valence-corrected chi connectivity index (χ3v) is 6.49. The molecule has 0 aliphatic heterocycles. The molecule has 0 aliphatic carbocycles. The predicted molar refractivity (Wildman–Crippen MR) is 133 cm³/mol. The lowest BCUT2D eigenvalue weighted by molar-refractivity contribution is -0.140. The monoisotopic (exact) mass is 587 g/mol. The van der Waals surface area contributed by atoms with E-state index in [0.29, 0.717) is 20.3 Å². The maximum Gasteiger partial charge on any atom is 0.416 e. The van der Waals surface area contributed by atoms with Crippen molar-refractivity contribution in [3.8, 4) is 28.7 Å². The summed E-state index contributed by atoms with van der Waals surface area (Å²) in [5, 5.41) is 23.0. The second-order valence-electron chi connectivity index (χ2n) is 8.23. The lowest BCUT2D eigenvalue weighted by Crippen LogP contribution is -2.45. The zero-order valence-corrected chi connectivity index (χ0v) is 21.3. The van der Waals surface area contributed by atoms with Crippen LogP contribution in [0.2, 0.25) is 0 Å². The molecular formula is C25H17BrF3N5O4. The Hall–Kier alpha value is -4.44. The molecule has 194 valence electrons. The highest BCUT2D eigenvalue weighted by molar-refractivity contribution is 9.10. The quantitative estimate of drug-likeness (QED) is 0.368. The van der Waals surface area contributed by atoms with Gasteiger partial charge in [0.2, 0.25) is 0 Å². The molecule has 1 N–H and O–H groups in total. The summed E-state index contributed by atoms with van der Waals surface area (Å²) in [6, 6.07) is 10.5. The minimum Gasteiger partial charge on any atom is -0.480 e. The van der Waals surface area contributed by atoms with E-state index in [0.717, 1.165) is 29.7 Å². The van der Waals surface area contributed by atoms with Crippen molar-refractivity contribution in [1.29, 1.82) is 5.26 Å². The van der Waals surface area contributed by atoms with Crippen molar-refractivity contribution in [3.05, 3.63) is 96.9 Å². The maximum absolute atomic E-state index is 13.7. The van der Waals surface area contributed by atoms with Gasteiger partial charge in [-0.1, -0.05) is 6.07 Å². The van der Waals surface area contributed by atoms with Gasteiger partial charge in [-0.2, -0.15) is 23.5 Å². The van der Waals surface area contributed by atoms with E-state index < -0.39 is 35.0 Å². The summed E-state index contributed by atoms with van der Waals surface area (Å²) in [6.45, 7) is 2.49. The van der Waals surface area contributed by atoms with Crippen LogP contribution >= 0.6 is 15.9 Å². The number of carboxylic acid groups (broad SMARTS) is 1. The summed E-state index contributed by atoms with van der Waals surface area (Å²) in [7, 11) is 0. The van der Waals surface area contributed by atoms with Gasteiger partial charge in [0.15, 0.2) is 0 Å². The molecule has 4 aromatic rings. The van der Waals surface area contributed by atoms with E-state index in [-0.39, 0.29) is 22.6 Å². The van der Waals surface area contributed by atoms with Crippen LogP contribution in [0.25, 0.3) is 22.6 Å². The van der Waals surface area contributed by atoms with Crippen LogP contribution in [0.5, 0.6) is 0 Å². The molecule has 0 amide bonds. The smallest absolute Gasteiger partial charge is 0.416 e. The Bertz CT molecular complexity index is 1730. The first-order valence-electron chi connectivity index (χ1n) is 10.9. The first-order valence-corrected chi connectivity index (χ1v) is 11.7. The van der Waals surface area contributed by atoms with Gasteiger partial charge in [0, 0.05) is 5.69 Å². The highest BCUT2D eigenvalue weighted by Crippen LogP contribution is 2.33.